The van der Waals surface area contributed by atoms with Gasteiger partial charge in [-0.3, -0.25) is 29.3 Å². The number of phenolic OH excluding ortho intramolecular Hbond substituents is 2. The van der Waals surface area contributed by atoms with Crippen molar-refractivity contribution in [3.05, 3.63) is 33.4 Å². The minimum Gasteiger partial charge on any atom is -0.506 e. The summed E-state index contributed by atoms with van der Waals surface area (Å²) in [4.78, 5) is 66.0. The van der Waals surface area contributed by atoms with Crippen molar-refractivity contribution in [3.8, 4) is 17.2 Å². The number of hydrogen-bond acceptors (Lipinski definition) is 28. The van der Waals surface area contributed by atoms with Crippen LogP contribution >= 0.6 is 0 Å². The maximum Gasteiger partial charge on any atom is 0.353 e. The number of nitro groups is 1. The SMILES string of the molecule is COC(C(=O)C(O)C(C)O)C1Cc2cc3cc(OC4CC(OC(C)=O)C(OC5CC(O)C(OC)C(C)O5)C(C)O4)c([N+](=O)[O-])c(O)c3c(O)c2C(=O)C1OC1CC(OC2CC(OC3CC(C)(O)C(OC(=O)C(C)C)C(C)O3)C(O)C(C)O2)C(O)C(C)O1. The monoisotopic (exact) mass is 1240 g/mol. The minimum atomic E-state index is -2.03. The molecule has 29 nitrogen and oxygen atoms in total. The summed E-state index contributed by atoms with van der Waals surface area (Å²) in [5.41, 5.74) is -3.13. The number of carbonyl (C=O) groups excluding carboxylic acids is 4. The van der Waals surface area contributed by atoms with Crippen molar-refractivity contribution in [1.29, 1.82) is 0 Å². The molecule has 5 heterocycles. The summed E-state index contributed by atoms with van der Waals surface area (Å²) >= 11 is 0. The van der Waals surface area contributed by atoms with Crippen LogP contribution < -0.4 is 4.74 Å². The maximum atomic E-state index is 15.2. The Morgan fingerprint density at radius 3 is 1.83 bits per heavy atom. The Labute approximate surface area is 501 Å². The molecule has 0 radical (unpaired) electrons. The zero-order valence-electron chi connectivity index (χ0n) is 50.5. The molecule has 2 aromatic carbocycles. The van der Waals surface area contributed by atoms with Gasteiger partial charge in [0.15, 0.2) is 42.8 Å². The van der Waals surface area contributed by atoms with Gasteiger partial charge in [0.2, 0.25) is 17.8 Å². The molecule has 25 unspecified atom stereocenters. The zero-order chi connectivity index (χ0) is 64.0. The lowest BCUT2D eigenvalue weighted by molar-refractivity contribution is -0.387. The number of Topliss-reactive ketones (excluding diaryl/α,β-unsaturated/α-hetero) is 2. The Bertz CT molecular complexity index is 2780. The smallest absolute Gasteiger partial charge is 0.353 e. The van der Waals surface area contributed by atoms with E-state index in [0.29, 0.717) is 0 Å². The number of rotatable bonds is 20. The summed E-state index contributed by atoms with van der Waals surface area (Å²) in [6, 6.07) is 2.43. The first-order valence-corrected chi connectivity index (χ1v) is 29.2. The number of phenols is 2. The molecule has 87 heavy (non-hydrogen) atoms. The molecule has 29 heteroatoms. The summed E-state index contributed by atoms with van der Waals surface area (Å²) in [7, 11) is 2.55. The highest BCUT2D eigenvalue weighted by Crippen LogP contribution is 2.51. The summed E-state index contributed by atoms with van der Waals surface area (Å²) in [6.45, 7) is 15.0. The molecule has 0 aromatic heterocycles. The molecule has 5 fully saturated rings. The Hall–Kier alpha value is -4.90. The van der Waals surface area contributed by atoms with Crippen molar-refractivity contribution < 1.29 is 131 Å². The van der Waals surface area contributed by atoms with Crippen molar-refractivity contribution in [2.24, 2.45) is 11.8 Å². The number of esters is 2. The van der Waals surface area contributed by atoms with Crippen LogP contribution in [0.15, 0.2) is 12.1 Å². The highest BCUT2D eigenvalue weighted by molar-refractivity contribution is 6.12. The van der Waals surface area contributed by atoms with E-state index in [0.717, 1.165) is 27.0 Å². The molecule has 8 rings (SSSR count). The van der Waals surface area contributed by atoms with Crippen LogP contribution in [0.1, 0.15) is 117 Å². The van der Waals surface area contributed by atoms with E-state index in [1.54, 1.807) is 41.5 Å². The van der Waals surface area contributed by atoms with Crippen LogP contribution in [0, 0.1) is 22.0 Å². The van der Waals surface area contributed by atoms with Gasteiger partial charge in [0.25, 0.3) is 0 Å². The summed E-state index contributed by atoms with van der Waals surface area (Å²) in [5, 5.41) is 102. The minimum absolute atomic E-state index is 0.00305. The molecule has 2 aromatic rings. The number of aromatic hydroxyl groups is 2. The number of nitrogens with zero attached hydrogens (tertiary/aromatic N) is 1. The Balaban J connectivity index is 1.05. The third kappa shape index (κ3) is 14.7. The number of benzene rings is 2. The van der Waals surface area contributed by atoms with Gasteiger partial charge in [0, 0.05) is 59.2 Å². The number of ketones is 2. The van der Waals surface area contributed by atoms with Crippen molar-refractivity contribution in [2.75, 3.05) is 14.2 Å². The van der Waals surface area contributed by atoms with Gasteiger partial charge < -0.3 is 107 Å². The summed E-state index contributed by atoms with van der Waals surface area (Å²) in [6.07, 6.45) is -28.4. The number of carbonyl (C=O) groups is 4. The first-order chi connectivity index (χ1) is 40.8. The molecule has 0 amide bonds. The zero-order valence-corrected chi connectivity index (χ0v) is 50.5. The molecule has 25 atom stereocenters. The van der Waals surface area contributed by atoms with E-state index in [-0.39, 0.29) is 49.5 Å². The fourth-order valence-electron chi connectivity index (χ4n) is 12.6. The number of methoxy groups -OCH3 is 2. The van der Waals surface area contributed by atoms with Gasteiger partial charge in [0.05, 0.1) is 76.7 Å². The summed E-state index contributed by atoms with van der Waals surface area (Å²) < 4.78 is 83.7. The Morgan fingerprint density at radius 1 is 0.724 bits per heavy atom. The molecule has 0 saturated carbocycles. The van der Waals surface area contributed by atoms with E-state index in [4.69, 9.17) is 66.3 Å². The van der Waals surface area contributed by atoms with E-state index in [1.165, 1.54) is 27.0 Å². The molecule has 6 aliphatic rings. The largest absolute Gasteiger partial charge is 0.506 e. The second-order valence-electron chi connectivity index (χ2n) is 24.1. The third-order valence-corrected chi connectivity index (χ3v) is 17.0. The van der Waals surface area contributed by atoms with Crippen molar-refractivity contribution in [1.82, 2.24) is 0 Å². The molecule has 0 spiro atoms. The fourth-order valence-corrected chi connectivity index (χ4v) is 12.6. The van der Waals surface area contributed by atoms with Crippen LogP contribution in [0.25, 0.3) is 10.8 Å². The molecule has 8 N–H and O–H groups in total. The fraction of sp³-hybridized carbons (Fsp3) is 0.759. The molecule has 5 saturated heterocycles. The molecular weight excluding hydrogens is 1160 g/mol. The number of hydrogen-bond donors (Lipinski definition) is 8. The van der Waals surface area contributed by atoms with Gasteiger partial charge in [-0.25, -0.2) is 0 Å². The lowest BCUT2D eigenvalue weighted by Gasteiger charge is -2.47. The molecule has 0 bridgehead atoms. The quantitative estimate of drug-likeness (QED) is 0.0532. The lowest BCUT2D eigenvalue weighted by atomic mass is 9.75. The van der Waals surface area contributed by atoms with Crippen molar-refractivity contribution in [3.63, 3.8) is 0 Å². The first-order valence-electron chi connectivity index (χ1n) is 29.2. The second-order valence-corrected chi connectivity index (χ2v) is 24.1. The standard InChI is InChI=1S/C58H83NO28/c1-21(2)57(70)87-56-27(8)80-41(20-58(56,10)71)84-35-17-38(76-23(4)47(35)65)83-34-18-40(77-24(5)46(34)64)86-55-31(54(75-12)51(69)45(63)22(3)60)14-29-13-30-15-33(44(59(72)73)49(67)42(30)48(66)43(29)50(55)68)82-39-19-36(81-28(9)61)53(26(7)79-39)85-37-16-32(62)52(74-11)25(6)78-37/h13,15,21-27,31-32,34-41,45-47,52-56,60,62-67,71H,14,16-20H2,1-12H3. The summed E-state index contributed by atoms with van der Waals surface area (Å²) in [5.74, 6) is -7.83. The second kappa shape index (κ2) is 27.7. The number of aliphatic hydroxyl groups is 6. The van der Waals surface area contributed by atoms with Gasteiger partial charge in [0.1, 0.15) is 60.2 Å². The highest BCUT2D eigenvalue weighted by atomic mass is 16.8. The van der Waals surface area contributed by atoms with E-state index < -0.39 is 221 Å². The van der Waals surface area contributed by atoms with E-state index in [1.807, 2.05) is 0 Å². The number of aliphatic hydroxyl groups excluding tert-OH is 5. The highest BCUT2D eigenvalue weighted by Gasteiger charge is 2.53. The molecule has 488 valence electrons. The predicted octanol–water partition coefficient (Wildman–Crippen LogP) is 1.78. The molecule has 5 aliphatic heterocycles. The topological polar surface area (TPSA) is 402 Å². The van der Waals surface area contributed by atoms with E-state index in [2.05, 4.69) is 0 Å². The van der Waals surface area contributed by atoms with Crippen LogP contribution in [-0.4, -0.2) is 230 Å². The van der Waals surface area contributed by atoms with Crippen LogP contribution in [0.4, 0.5) is 5.69 Å². The van der Waals surface area contributed by atoms with Crippen LogP contribution in [-0.2, 0) is 82.4 Å². The van der Waals surface area contributed by atoms with Gasteiger partial charge in [-0.2, -0.15) is 0 Å². The predicted molar refractivity (Wildman–Crippen MR) is 294 cm³/mol. The van der Waals surface area contributed by atoms with Gasteiger partial charge in [-0.15, -0.1) is 0 Å². The van der Waals surface area contributed by atoms with Crippen molar-refractivity contribution in [2.45, 2.75) is 255 Å². The van der Waals surface area contributed by atoms with Crippen LogP contribution in [0.5, 0.6) is 17.2 Å². The van der Waals surface area contributed by atoms with E-state index in [9.17, 15) is 65.4 Å². The van der Waals surface area contributed by atoms with Crippen LogP contribution in [0.3, 0.4) is 0 Å². The number of ether oxygens (including phenoxy) is 14. The average molecular weight is 1240 g/mol. The number of fused-ring (bicyclic) bond motifs is 2. The van der Waals surface area contributed by atoms with E-state index >= 15 is 4.79 Å². The molecular formula is C58H83NO28. The molecule has 1 aliphatic carbocycles. The Kier molecular flexibility index (Phi) is 21.6. The van der Waals surface area contributed by atoms with Gasteiger partial charge >= 0.3 is 17.6 Å². The first kappa shape index (κ1) is 68.0. The van der Waals surface area contributed by atoms with Crippen LogP contribution in [0.2, 0.25) is 0 Å². The van der Waals surface area contributed by atoms with Gasteiger partial charge in [-0.1, -0.05) is 13.8 Å². The number of nitro benzene ring substituents is 1. The van der Waals surface area contributed by atoms with Gasteiger partial charge in [-0.05, 0) is 78.0 Å². The Morgan fingerprint density at radius 2 is 1.28 bits per heavy atom. The van der Waals surface area contributed by atoms with Crippen molar-refractivity contribution >= 4 is 40.0 Å². The average Bonchev–Trinajstić information content (AvgIpc) is 0.760. The lowest BCUT2D eigenvalue weighted by Crippen LogP contribution is -2.59. The normalized spacial score (nSPS) is 38.5. The third-order valence-electron chi connectivity index (χ3n) is 17.0. The maximum absolute atomic E-state index is 15.2.